The third kappa shape index (κ3) is 2.49. The van der Waals surface area contributed by atoms with E-state index in [1.807, 2.05) is 36.4 Å². The van der Waals surface area contributed by atoms with Gasteiger partial charge in [0.15, 0.2) is 0 Å². The van der Waals surface area contributed by atoms with Crippen molar-refractivity contribution < 1.29 is 8.42 Å². The van der Waals surface area contributed by atoms with Gasteiger partial charge in [-0.1, -0.05) is 18.2 Å². The van der Waals surface area contributed by atoms with Gasteiger partial charge in [0.25, 0.3) is 10.0 Å². The molecule has 0 aliphatic carbocycles. The lowest BCUT2D eigenvalue weighted by atomic mass is 10.0. The van der Waals surface area contributed by atoms with E-state index in [1.54, 1.807) is 10.4 Å². The summed E-state index contributed by atoms with van der Waals surface area (Å²) in [6, 6.07) is 13.3. The van der Waals surface area contributed by atoms with Gasteiger partial charge >= 0.3 is 0 Å². The molecule has 23 heavy (non-hydrogen) atoms. The Morgan fingerprint density at radius 3 is 2.70 bits per heavy atom. The normalized spacial score (nSPS) is 17.1. The molecule has 0 radical (unpaired) electrons. The highest BCUT2D eigenvalue weighted by Gasteiger charge is 2.29. The van der Waals surface area contributed by atoms with Crippen molar-refractivity contribution in [1.29, 1.82) is 0 Å². The van der Waals surface area contributed by atoms with Gasteiger partial charge in [-0.05, 0) is 61.1 Å². The third-order valence-electron chi connectivity index (χ3n) is 4.67. The van der Waals surface area contributed by atoms with Crippen molar-refractivity contribution in [1.82, 2.24) is 0 Å². The van der Waals surface area contributed by atoms with Crippen molar-refractivity contribution in [3.05, 3.63) is 53.6 Å². The first kappa shape index (κ1) is 14.6. The Morgan fingerprint density at radius 2 is 1.78 bits per heavy atom. The van der Waals surface area contributed by atoms with Crippen molar-refractivity contribution in [3.8, 4) is 0 Å². The number of fused-ring (bicyclic) bond motifs is 2. The van der Waals surface area contributed by atoms with Crippen molar-refractivity contribution in [2.24, 2.45) is 0 Å². The molecule has 0 saturated heterocycles. The van der Waals surface area contributed by atoms with E-state index in [2.05, 4.69) is 5.32 Å². The van der Waals surface area contributed by atoms with Crippen LogP contribution in [-0.2, 0) is 22.9 Å². The molecule has 0 atom stereocenters. The molecule has 0 bridgehead atoms. The molecule has 5 heteroatoms. The fraction of sp³-hybridized carbons (Fsp3) is 0.333. The number of aryl methyl sites for hydroxylation is 2. The maximum atomic E-state index is 13.1. The summed E-state index contributed by atoms with van der Waals surface area (Å²) in [7, 11) is -3.50. The van der Waals surface area contributed by atoms with Gasteiger partial charge in [0, 0.05) is 18.8 Å². The second-order valence-electron chi connectivity index (χ2n) is 6.16. The second-order valence-corrected chi connectivity index (χ2v) is 8.02. The van der Waals surface area contributed by atoms with E-state index in [9.17, 15) is 8.42 Å². The second kappa shape index (κ2) is 5.57. The molecule has 0 saturated carbocycles. The molecule has 0 aromatic heterocycles. The molecule has 2 heterocycles. The molecule has 2 aromatic carbocycles. The molecule has 120 valence electrons. The SMILES string of the molecule is O=S(=O)(c1ccc2c(c1)CCCN2)N1CCCc2ccccc21. The molecular formula is C18H20N2O2S. The van der Waals surface area contributed by atoms with Crippen molar-refractivity contribution in [2.45, 2.75) is 30.6 Å². The number of para-hydroxylation sites is 1. The number of nitrogens with zero attached hydrogens (tertiary/aromatic N) is 1. The van der Waals surface area contributed by atoms with Gasteiger partial charge in [-0.25, -0.2) is 8.42 Å². The molecule has 2 aliphatic rings. The summed E-state index contributed by atoms with van der Waals surface area (Å²) < 4.78 is 27.9. The molecule has 1 N–H and O–H groups in total. The smallest absolute Gasteiger partial charge is 0.264 e. The summed E-state index contributed by atoms with van der Waals surface area (Å²) in [4.78, 5) is 0.400. The maximum absolute atomic E-state index is 13.1. The summed E-state index contributed by atoms with van der Waals surface area (Å²) in [6.45, 7) is 1.51. The van der Waals surface area contributed by atoms with E-state index in [0.29, 0.717) is 11.4 Å². The number of hydrogen-bond donors (Lipinski definition) is 1. The van der Waals surface area contributed by atoms with E-state index < -0.39 is 10.0 Å². The Morgan fingerprint density at radius 1 is 0.957 bits per heavy atom. The van der Waals surface area contributed by atoms with Crippen molar-refractivity contribution in [3.63, 3.8) is 0 Å². The van der Waals surface area contributed by atoms with Gasteiger partial charge in [-0.15, -0.1) is 0 Å². The Balaban J connectivity index is 1.77. The van der Waals surface area contributed by atoms with E-state index in [1.165, 1.54) is 0 Å². The Labute approximate surface area is 137 Å². The maximum Gasteiger partial charge on any atom is 0.264 e. The number of hydrogen-bond acceptors (Lipinski definition) is 3. The molecule has 0 unspecified atom stereocenters. The van der Waals surface area contributed by atoms with E-state index in [4.69, 9.17) is 0 Å². The average Bonchev–Trinajstić information content (AvgIpc) is 2.60. The van der Waals surface area contributed by atoms with Crippen LogP contribution in [-0.4, -0.2) is 21.5 Å². The fourth-order valence-electron chi connectivity index (χ4n) is 3.49. The lowest BCUT2D eigenvalue weighted by Gasteiger charge is -2.31. The third-order valence-corrected chi connectivity index (χ3v) is 6.48. The standard InChI is InChI=1S/C18H20N2O2S/c21-23(22,16-9-10-17-15(13-16)6-3-11-19-17)20-12-4-7-14-5-1-2-8-18(14)20/h1-2,5,8-10,13,19H,3-4,6-7,11-12H2. The highest BCUT2D eigenvalue weighted by Crippen LogP contribution is 2.33. The molecule has 4 rings (SSSR count). The predicted octanol–water partition coefficient (Wildman–Crippen LogP) is 3.19. The number of benzene rings is 2. The molecule has 0 amide bonds. The monoisotopic (exact) mass is 328 g/mol. The predicted molar refractivity (Wildman–Crippen MR) is 92.5 cm³/mol. The summed E-state index contributed by atoms with van der Waals surface area (Å²) >= 11 is 0. The minimum atomic E-state index is -3.50. The van der Waals surface area contributed by atoms with Crippen LogP contribution in [0.25, 0.3) is 0 Å². The van der Waals surface area contributed by atoms with Crippen LogP contribution in [0, 0.1) is 0 Å². The van der Waals surface area contributed by atoms with Crippen LogP contribution in [0.5, 0.6) is 0 Å². The highest BCUT2D eigenvalue weighted by atomic mass is 32.2. The van der Waals surface area contributed by atoms with Gasteiger partial charge in [-0.3, -0.25) is 4.31 Å². The summed E-state index contributed by atoms with van der Waals surface area (Å²) in [5.41, 5.74) is 4.11. The quantitative estimate of drug-likeness (QED) is 0.921. The van der Waals surface area contributed by atoms with Gasteiger partial charge in [0.05, 0.1) is 10.6 Å². The fourth-order valence-corrected chi connectivity index (χ4v) is 5.08. The van der Waals surface area contributed by atoms with Crippen LogP contribution in [0.4, 0.5) is 11.4 Å². The zero-order valence-electron chi connectivity index (χ0n) is 13.0. The summed E-state index contributed by atoms with van der Waals surface area (Å²) in [6.07, 6.45) is 3.78. The van der Waals surface area contributed by atoms with Gasteiger partial charge in [0.1, 0.15) is 0 Å². The highest BCUT2D eigenvalue weighted by molar-refractivity contribution is 7.92. The lowest BCUT2D eigenvalue weighted by Crippen LogP contribution is -2.35. The average molecular weight is 328 g/mol. The van der Waals surface area contributed by atoms with Gasteiger partial charge in [0.2, 0.25) is 0 Å². The van der Waals surface area contributed by atoms with Crippen molar-refractivity contribution in [2.75, 3.05) is 22.7 Å². The topological polar surface area (TPSA) is 49.4 Å². The Bertz CT molecular complexity index is 846. The number of sulfonamides is 1. The Hall–Kier alpha value is -2.01. The zero-order valence-corrected chi connectivity index (χ0v) is 13.8. The largest absolute Gasteiger partial charge is 0.385 e. The zero-order chi connectivity index (χ0) is 15.9. The first-order valence-electron chi connectivity index (χ1n) is 8.14. The first-order valence-corrected chi connectivity index (χ1v) is 9.58. The molecule has 2 aliphatic heterocycles. The molecule has 2 aromatic rings. The van der Waals surface area contributed by atoms with Crippen molar-refractivity contribution >= 4 is 21.4 Å². The number of anilines is 2. The van der Waals surface area contributed by atoms with Crippen LogP contribution >= 0.6 is 0 Å². The minimum absolute atomic E-state index is 0.400. The van der Waals surface area contributed by atoms with Crippen LogP contribution in [0.15, 0.2) is 47.4 Å². The van der Waals surface area contributed by atoms with E-state index in [0.717, 1.165) is 54.7 Å². The summed E-state index contributed by atoms with van der Waals surface area (Å²) in [5.74, 6) is 0. The van der Waals surface area contributed by atoms with Crippen LogP contribution in [0.1, 0.15) is 24.0 Å². The minimum Gasteiger partial charge on any atom is -0.385 e. The van der Waals surface area contributed by atoms with E-state index in [-0.39, 0.29) is 0 Å². The van der Waals surface area contributed by atoms with Gasteiger partial charge < -0.3 is 5.32 Å². The van der Waals surface area contributed by atoms with Crippen LogP contribution in [0.2, 0.25) is 0 Å². The number of nitrogens with one attached hydrogen (secondary N) is 1. The molecular weight excluding hydrogens is 308 g/mol. The van der Waals surface area contributed by atoms with E-state index >= 15 is 0 Å². The first-order chi connectivity index (χ1) is 11.2. The summed E-state index contributed by atoms with van der Waals surface area (Å²) in [5, 5.41) is 3.33. The van der Waals surface area contributed by atoms with Crippen LogP contribution in [0.3, 0.4) is 0 Å². The Kier molecular flexibility index (Phi) is 3.53. The van der Waals surface area contributed by atoms with Gasteiger partial charge in [-0.2, -0.15) is 0 Å². The van der Waals surface area contributed by atoms with Crippen LogP contribution < -0.4 is 9.62 Å². The molecule has 4 nitrogen and oxygen atoms in total. The lowest BCUT2D eigenvalue weighted by molar-refractivity contribution is 0.586. The number of rotatable bonds is 2. The molecule has 0 spiro atoms. The molecule has 0 fully saturated rings.